The number of halogens is 2. The molecule has 0 aromatic heterocycles. The van der Waals surface area contributed by atoms with Crippen molar-refractivity contribution in [2.24, 2.45) is 5.92 Å². The van der Waals surface area contributed by atoms with Crippen LogP contribution in [-0.4, -0.2) is 18.4 Å². The zero-order valence-corrected chi connectivity index (χ0v) is 14.8. The van der Waals surface area contributed by atoms with Gasteiger partial charge in [0.05, 0.1) is 12.5 Å². The van der Waals surface area contributed by atoms with Crippen molar-refractivity contribution in [3.05, 3.63) is 65.7 Å². The summed E-state index contributed by atoms with van der Waals surface area (Å²) in [6, 6.07) is 12.5. The molecule has 26 heavy (non-hydrogen) atoms. The molecular formula is C20H22F2N2O2. The second kappa shape index (κ2) is 9.08. The maximum Gasteiger partial charge on any atom is 0.243 e. The molecular weight excluding hydrogens is 338 g/mol. The summed E-state index contributed by atoms with van der Waals surface area (Å²) in [6.07, 6.45) is 0.814. The first-order chi connectivity index (χ1) is 12.4. The van der Waals surface area contributed by atoms with E-state index < -0.39 is 17.5 Å². The fourth-order valence-corrected chi connectivity index (χ4v) is 2.69. The van der Waals surface area contributed by atoms with Crippen molar-refractivity contribution in [1.82, 2.24) is 5.32 Å². The molecule has 0 bridgehead atoms. The van der Waals surface area contributed by atoms with Crippen LogP contribution in [0.3, 0.4) is 0 Å². The molecule has 0 fully saturated rings. The minimum Gasteiger partial charge on any atom is -0.346 e. The highest BCUT2D eigenvalue weighted by atomic mass is 19.2. The van der Waals surface area contributed by atoms with Crippen LogP contribution in [0.2, 0.25) is 0 Å². The Morgan fingerprint density at radius 2 is 1.73 bits per heavy atom. The number of hydrogen-bond acceptors (Lipinski definition) is 2. The van der Waals surface area contributed by atoms with Gasteiger partial charge in [-0.05, 0) is 23.6 Å². The van der Waals surface area contributed by atoms with E-state index in [1.807, 2.05) is 44.2 Å². The van der Waals surface area contributed by atoms with E-state index >= 15 is 0 Å². The van der Waals surface area contributed by atoms with Gasteiger partial charge >= 0.3 is 0 Å². The zero-order chi connectivity index (χ0) is 19.1. The Morgan fingerprint density at radius 1 is 1.04 bits per heavy atom. The van der Waals surface area contributed by atoms with Crippen LogP contribution in [0.25, 0.3) is 0 Å². The topological polar surface area (TPSA) is 58.2 Å². The van der Waals surface area contributed by atoms with Crippen molar-refractivity contribution in [1.29, 1.82) is 0 Å². The summed E-state index contributed by atoms with van der Waals surface area (Å²) in [6.45, 7) is 3.74. The Labute approximate surface area is 151 Å². The first kappa shape index (κ1) is 19.6. The summed E-state index contributed by atoms with van der Waals surface area (Å²) in [4.78, 5) is 24.6. The summed E-state index contributed by atoms with van der Waals surface area (Å²) in [5.74, 6) is -3.06. The Balaban J connectivity index is 1.98. The van der Waals surface area contributed by atoms with Gasteiger partial charge in [0.2, 0.25) is 11.8 Å². The SMILES string of the molecule is CC[C@H](C)[C@@H](C(=O)NCC(=O)Nc1ccc(F)c(F)c1)c1ccccc1. The summed E-state index contributed by atoms with van der Waals surface area (Å²) >= 11 is 0. The van der Waals surface area contributed by atoms with Crippen LogP contribution in [-0.2, 0) is 9.59 Å². The van der Waals surface area contributed by atoms with Gasteiger partial charge in [-0.3, -0.25) is 9.59 Å². The molecule has 0 aliphatic heterocycles. The third-order valence-electron chi connectivity index (χ3n) is 4.28. The van der Waals surface area contributed by atoms with Gasteiger partial charge in [-0.25, -0.2) is 8.78 Å². The molecule has 2 atom stereocenters. The molecule has 2 amide bonds. The van der Waals surface area contributed by atoms with Gasteiger partial charge in [0, 0.05) is 11.8 Å². The molecule has 2 aromatic carbocycles. The average molecular weight is 360 g/mol. The highest BCUT2D eigenvalue weighted by molar-refractivity contribution is 5.95. The van der Waals surface area contributed by atoms with Crippen molar-refractivity contribution in [2.75, 3.05) is 11.9 Å². The molecule has 6 heteroatoms. The number of hydrogen-bond donors (Lipinski definition) is 2. The van der Waals surface area contributed by atoms with E-state index in [2.05, 4.69) is 10.6 Å². The van der Waals surface area contributed by atoms with Gasteiger partial charge in [-0.15, -0.1) is 0 Å². The van der Waals surface area contributed by atoms with E-state index in [9.17, 15) is 18.4 Å². The molecule has 4 nitrogen and oxygen atoms in total. The van der Waals surface area contributed by atoms with E-state index in [0.717, 1.165) is 24.1 Å². The standard InChI is InChI=1S/C20H22F2N2O2/c1-3-13(2)19(14-7-5-4-6-8-14)20(26)23-12-18(25)24-15-9-10-16(21)17(22)11-15/h4-11,13,19H,3,12H2,1-2H3,(H,23,26)(H,24,25)/t13-,19+/m0/s1. The molecule has 0 saturated carbocycles. The van der Waals surface area contributed by atoms with Gasteiger partial charge in [0.1, 0.15) is 0 Å². The Bertz CT molecular complexity index is 766. The van der Waals surface area contributed by atoms with Crippen LogP contribution in [0, 0.1) is 17.6 Å². The van der Waals surface area contributed by atoms with E-state index in [1.165, 1.54) is 6.07 Å². The molecule has 0 unspecified atom stereocenters. The van der Waals surface area contributed by atoms with Crippen LogP contribution in [0.1, 0.15) is 31.7 Å². The minimum atomic E-state index is -1.05. The lowest BCUT2D eigenvalue weighted by atomic mass is 9.85. The normalized spacial score (nSPS) is 12.9. The zero-order valence-electron chi connectivity index (χ0n) is 14.8. The monoisotopic (exact) mass is 360 g/mol. The van der Waals surface area contributed by atoms with Gasteiger partial charge in [-0.1, -0.05) is 50.6 Å². The van der Waals surface area contributed by atoms with Gasteiger partial charge in [-0.2, -0.15) is 0 Å². The number of carbonyl (C=O) groups is 2. The number of rotatable bonds is 7. The minimum absolute atomic E-state index is 0.103. The fraction of sp³-hybridized carbons (Fsp3) is 0.300. The predicted octanol–water partition coefficient (Wildman–Crippen LogP) is 3.85. The third kappa shape index (κ3) is 5.12. The summed E-state index contributed by atoms with van der Waals surface area (Å²) in [5, 5.41) is 5.05. The van der Waals surface area contributed by atoms with Crippen molar-refractivity contribution in [2.45, 2.75) is 26.2 Å². The van der Waals surface area contributed by atoms with Crippen molar-refractivity contribution >= 4 is 17.5 Å². The number of benzene rings is 2. The highest BCUT2D eigenvalue weighted by Crippen LogP contribution is 2.27. The first-order valence-corrected chi connectivity index (χ1v) is 8.50. The Morgan fingerprint density at radius 3 is 2.35 bits per heavy atom. The van der Waals surface area contributed by atoms with Crippen LogP contribution in [0.4, 0.5) is 14.5 Å². The van der Waals surface area contributed by atoms with Crippen LogP contribution in [0.15, 0.2) is 48.5 Å². The largest absolute Gasteiger partial charge is 0.346 e. The van der Waals surface area contributed by atoms with Gasteiger partial charge in [0.25, 0.3) is 0 Å². The molecule has 2 N–H and O–H groups in total. The average Bonchev–Trinajstić information content (AvgIpc) is 2.64. The molecule has 0 aliphatic carbocycles. The number of carbonyl (C=O) groups excluding carboxylic acids is 2. The summed E-state index contributed by atoms with van der Waals surface area (Å²) in [7, 11) is 0. The Hall–Kier alpha value is -2.76. The van der Waals surface area contributed by atoms with E-state index in [-0.39, 0.29) is 30.0 Å². The number of nitrogens with one attached hydrogen (secondary N) is 2. The highest BCUT2D eigenvalue weighted by Gasteiger charge is 2.25. The quantitative estimate of drug-likeness (QED) is 0.788. The third-order valence-corrected chi connectivity index (χ3v) is 4.28. The van der Waals surface area contributed by atoms with Crippen molar-refractivity contribution in [3.63, 3.8) is 0 Å². The van der Waals surface area contributed by atoms with E-state index in [4.69, 9.17) is 0 Å². The molecule has 2 aromatic rings. The fourth-order valence-electron chi connectivity index (χ4n) is 2.69. The van der Waals surface area contributed by atoms with Gasteiger partial charge < -0.3 is 10.6 Å². The molecule has 0 aliphatic rings. The second-order valence-electron chi connectivity index (χ2n) is 6.17. The maximum atomic E-state index is 13.2. The van der Waals surface area contributed by atoms with Gasteiger partial charge in [0.15, 0.2) is 11.6 Å². The van der Waals surface area contributed by atoms with E-state index in [0.29, 0.717) is 0 Å². The Kier molecular flexibility index (Phi) is 6.83. The number of amides is 2. The molecule has 0 radical (unpaired) electrons. The molecule has 138 valence electrons. The molecule has 0 heterocycles. The van der Waals surface area contributed by atoms with E-state index in [1.54, 1.807) is 0 Å². The molecule has 0 spiro atoms. The summed E-state index contributed by atoms with van der Waals surface area (Å²) < 4.78 is 26.1. The lowest BCUT2D eigenvalue weighted by molar-refractivity contribution is -0.126. The lowest BCUT2D eigenvalue weighted by Gasteiger charge is -2.22. The van der Waals surface area contributed by atoms with Crippen molar-refractivity contribution < 1.29 is 18.4 Å². The number of anilines is 1. The van der Waals surface area contributed by atoms with Crippen LogP contribution < -0.4 is 10.6 Å². The first-order valence-electron chi connectivity index (χ1n) is 8.50. The predicted molar refractivity (Wildman–Crippen MR) is 96.6 cm³/mol. The molecule has 2 rings (SSSR count). The molecule has 0 saturated heterocycles. The smallest absolute Gasteiger partial charge is 0.243 e. The summed E-state index contributed by atoms with van der Waals surface area (Å²) in [5.41, 5.74) is 1.02. The van der Waals surface area contributed by atoms with Crippen LogP contribution >= 0.6 is 0 Å². The van der Waals surface area contributed by atoms with Crippen LogP contribution in [0.5, 0.6) is 0 Å². The second-order valence-corrected chi connectivity index (χ2v) is 6.17. The maximum absolute atomic E-state index is 13.2. The van der Waals surface area contributed by atoms with Crippen molar-refractivity contribution in [3.8, 4) is 0 Å². The lowest BCUT2D eigenvalue weighted by Crippen LogP contribution is -2.37.